The van der Waals surface area contributed by atoms with Crippen LogP contribution in [0.5, 0.6) is 0 Å². The van der Waals surface area contributed by atoms with E-state index < -0.39 is 5.79 Å². The Bertz CT molecular complexity index is 1010. The molecule has 1 aliphatic rings. The van der Waals surface area contributed by atoms with Gasteiger partial charge in [0.15, 0.2) is 5.79 Å². The summed E-state index contributed by atoms with van der Waals surface area (Å²) in [5, 5.41) is 14.2. The molecule has 1 fully saturated rings. The van der Waals surface area contributed by atoms with Crippen molar-refractivity contribution in [3.05, 3.63) is 46.0 Å². The molecule has 2 N–H and O–H groups in total. The van der Waals surface area contributed by atoms with E-state index in [0.29, 0.717) is 30.1 Å². The molecule has 1 aliphatic heterocycles. The number of hydrogen-bond acceptors (Lipinski definition) is 8. The molecular weight excluding hydrogens is 492 g/mol. The zero-order valence-electron chi connectivity index (χ0n) is 15.8. The number of aromatic nitrogens is 3. The number of rotatable bonds is 6. The maximum Gasteiger partial charge on any atom is 0.315 e. The second-order valence-corrected chi connectivity index (χ2v) is 8.16. The van der Waals surface area contributed by atoms with E-state index in [1.165, 1.54) is 6.07 Å². The van der Waals surface area contributed by atoms with Gasteiger partial charge < -0.3 is 24.5 Å². The zero-order valence-corrected chi connectivity index (χ0v) is 17.9. The number of ether oxygens (including phenoxy) is 2. The van der Waals surface area contributed by atoms with Crippen molar-refractivity contribution in [1.29, 1.82) is 0 Å². The maximum absolute atomic E-state index is 14.2. The summed E-state index contributed by atoms with van der Waals surface area (Å²) in [7, 11) is 0. The van der Waals surface area contributed by atoms with Crippen LogP contribution < -0.4 is 10.6 Å². The van der Waals surface area contributed by atoms with E-state index in [0.717, 1.165) is 3.57 Å². The van der Waals surface area contributed by atoms with Gasteiger partial charge in [0.2, 0.25) is 0 Å². The third kappa shape index (κ3) is 4.82. The molecule has 10 heteroatoms. The summed E-state index contributed by atoms with van der Waals surface area (Å²) in [6.07, 6.45) is 3.08. The summed E-state index contributed by atoms with van der Waals surface area (Å²) in [5.41, 5.74) is 1.50. The van der Waals surface area contributed by atoms with Gasteiger partial charge in [0.25, 0.3) is 5.89 Å². The Kier molecular flexibility index (Phi) is 5.65. The number of nitrogens with zero attached hydrogens (tertiary/aromatic N) is 3. The molecule has 0 amide bonds. The molecule has 0 bridgehead atoms. The van der Waals surface area contributed by atoms with Gasteiger partial charge in [-0.05, 0) is 60.7 Å². The van der Waals surface area contributed by atoms with Gasteiger partial charge in [0.05, 0.1) is 29.7 Å². The highest BCUT2D eigenvalue weighted by molar-refractivity contribution is 14.1. The van der Waals surface area contributed by atoms with Crippen LogP contribution >= 0.6 is 22.6 Å². The molecule has 4 rings (SSSR count). The number of benzene rings is 1. The van der Waals surface area contributed by atoms with E-state index in [1.807, 2.05) is 19.9 Å². The number of pyridine rings is 1. The molecular formula is C19H19FIN5O3. The molecule has 2 aromatic heterocycles. The van der Waals surface area contributed by atoms with Crippen molar-refractivity contribution in [3.63, 3.8) is 0 Å². The smallest absolute Gasteiger partial charge is 0.315 e. The minimum atomic E-state index is -0.589. The van der Waals surface area contributed by atoms with Crippen molar-refractivity contribution in [2.24, 2.45) is 0 Å². The predicted molar refractivity (Wildman–Crippen MR) is 113 cm³/mol. The molecule has 3 heterocycles. The highest BCUT2D eigenvalue weighted by Crippen LogP contribution is 2.31. The normalized spacial score (nSPS) is 18.0. The van der Waals surface area contributed by atoms with E-state index >= 15 is 0 Å². The SMILES string of the molecule is CC1(C)OCC(CNc2nnc(-c3ccncc3Nc3ccc(I)cc3F)o2)O1. The Hall–Kier alpha value is -2.31. The van der Waals surface area contributed by atoms with Crippen molar-refractivity contribution < 1.29 is 18.3 Å². The van der Waals surface area contributed by atoms with Crippen LogP contribution in [0.1, 0.15) is 13.8 Å². The van der Waals surface area contributed by atoms with Crippen LogP contribution in [-0.2, 0) is 9.47 Å². The van der Waals surface area contributed by atoms with E-state index in [2.05, 4.69) is 48.4 Å². The fourth-order valence-electron chi connectivity index (χ4n) is 2.88. The zero-order chi connectivity index (χ0) is 20.4. The van der Waals surface area contributed by atoms with Crippen LogP contribution in [0.25, 0.3) is 11.5 Å². The number of nitrogens with one attached hydrogen (secondary N) is 2. The molecule has 0 spiro atoms. The van der Waals surface area contributed by atoms with Crippen molar-refractivity contribution in [2.75, 3.05) is 23.8 Å². The Balaban J connectivity index is 1.48. The first-order chi connectivity index (χ1) is 13.9. The summed E-state index contributed by atoms with van der Waals surface area (Å²) in [4.78, 5) is 4.10. The van der Waals surface area contributed by atoms with E-state index in [4.69, 9.17) is 13.9 Å². The number of halogens is 2. The second-order valence-electron chi connectivity index (χ2n) is 6.91. The molecule has 1 saturated heterocycles. The molecule has 3 aromatic rings. The first kappa shape index (κ1) is 20.0. The summed E-state index contributed by atoms with van der Waals surface area (Å²) in [6.45, 7) is 4.69. The topological polar surface area (TPSA) is 94.3 Å². The Labute approximate surface area is 180 Å². The third-order valence-electron chi connectivity index (χ3n) is 4.23. The van der Waals surface area contributed by atoms with E-state index in [-0.39, 0.29) is 23.8 Å². The van der Waals surface area contributed by atoms with Gasteiger partial charge in [-0.25, -0.2) is 4.39 Å². The van der Waals surface area contributed by atoms with Crippen LogP contribution in [0.3, 0.4) is 0 Å². The van der Waals surface area contributed by atoms with Crippen LogP contribution in [0.4, 0.5) is 21.8 Å². The minimum absolute atomic E-state index is 0.109. The van der Waals surface area contributed by atoms with Gasteiger partial charge in [0.1, 0.15) is 11.9 Å². The Morgan fingerprint density at radius 1 is 1.24 bits per heavy atom. The molecule has 0 radical (unpaired) electrons. The second kappa shape index (κ2) is 8.20. The highest BCUT2D eigenvalue weighted by Gasteiger charge is 2.32. The summed E-state index contributed by atoms with van der Waals surface area (Å²) < 4.78 is 32.0. The minimum Gasteiger partial charge on any atom is -0.403 e. The lowest BCUT2D eigenvalue weighted by molar-refractivity contribution is -0.136. The Morgan fingerprint density at radius 3 is 2.86 bits per heavy atom. The monoisotopic (exact) mass is 511 g/mol. The Morgan fingerprint density at radius 2 is 2.10 bits per heavy atom. The average molecular weight is 511 g/mol. The lowest BCUT2D eigenvalue weighted by Gasteiger charge is -2.16. The average Bonchev–Trinajstić information content (AvgIpc) is 3.29. The van der Waals surface area contributed by atoms with Gasteiger partial charge in [-0.3, -0.25) is 4.98 Å². The molecule has 1 aromatic carbocycles. The third-order valence-corrected chi connectivity index (χ3v) is 4.90. The van der Waals surface area contributed by atoms with Gasteiger partial charge in [-0.2, -0.15) is 0 Å². The fourth-order valence-corrected chi connectivity index (χ4v) is 3.34. The van der Waals surface area contributed by atoms with E-state index in [9.17, 15) is 4.39 Å². The molecule has 0 aliphatic carbocycles. The van der Waals surface area contributed by atoms with Crippen molar-refractivity contribution >= 4 is 40.0 Å². The highest BCUT2D eigenvalue weighted by atomic mass is 127. The standard InChI is InChI=1S/C19H19FIN5O3/c1-19(2)27-10-12(29-19)8-23-18-26-25-17(28-18)13-5-6-22-9-16(13)24-15-4-3-11(21)7-14(15)20/h3-7,9,12,24H,8,10H2,1-2H3,(H,23,26). The molecule has 8 nitrogen and oxygen atoms in total. The summed E-state index contributed by atoms with van der Waals surface area (Å²) in [6, 6.07) is 6.91. The number of hydrogen-bond donors (Lipinski definition) is 2. The van der Waals surface area contributed by atoms with Gasteiger partial charge >= 0.3 is 6.01 Å². The molecule has 1 unspecified atom stereocenters. The maximum atomic E-state index is 14.2. The van der Waals surface area contributed by atoms with Crippen molar-refractivity contribution in [2.45, 2.75) is 25.7 Å². The first-order valence-corrected chi connectivity index (χ1v) is 10.0. The summed E-state index contributed by atoms with van der Waals surface area (Å²) in [5.74, 6) is -0.664. The molecule has 0 saturated carbocycles. The lowest BCUT2D eigenvalue weighted by atomic mass is 10.2. The first-order valence-electron chi connectivity index (χ1n) is 8.95. The molecule has 29 heavy (non-hydrogen) atoms. The van der Waals surface area contributed by atoms with Gasteiger partial charge in [-0.1, -0.05) is 5.10 Å². The molecule has 152 valence electrons. The lowest BCUT2D eigenvalue weighted by Crippen LogP contribution is -2.26. The largest absolute Gasteiger partial charge is 0.403 e. The molecule has 1 atom stereocenters. The van der Waals surface area contributed by atoms with Crippen LogP contribution in [0, 0.1) is 9.39 Å². The predicted octanol–water partition coefficient (Wildman–Crippen LogP) is 4.18. The number of anilines is 3. The van der Waals surface area contributed by atoms with Crippen LogP contribution in [-0.4, -0.2) is 40.2 Å². The summed E-state index contributed by atoms with van der Waals surface area (Å²) >= 11 is 2.06. The fraction of sp³-hybridized carbons (Fsp3) is 0.316. The quantitative estimate of drug-likeness (QED) is 0.477. The van der Waals surface area contributed by atoms with Crippen LogP contribution in [0.15, 0.2) is 41.1 Å². The van der Waals surface area contributed by atoms with Crippen molar-refractivity contribution in [3.8, 4) is 11.5 Å². The van der Waals surface area contributed by atoms with Gasteiger partial charge in [0, 0.05) is 16.3 Å². The van der Waals surface area contributed by atoms with E-state index in [1.54, 1.807) is 24.5 Å². The van der Waals surface area contributed by atoms with Gasteiger partial charge in [-0.15, -0.1) is 5.10 Å². The van der Waals surface area contributed by atoms with Crippen LogP contribution in [0.2, 0.25) is 0 Å². The van der Waals surface area contributed by atoms with Crippen molar-refractivity contribution in [1.82, 2.24) is 15.2 Å².